The molecule has 6 heteroatoms. The van der Waals surface area contributed by atoms with Gasteiger partial charge in [-0.25, -0.2) is 9.18 Å². The Morgan fingerprint density at radius 2 is 1.82 bits per heavy atom. The number of carbonyl (C=O) groups is 1. The fraction of sp³-hybridized carbons (Fsp3) is 0.562. The van der Waals surface area contributed by atoms with Crippen LogP contribution in [0.5, 0.6) is 0 Å². The predicted molar refractivity (Wildman–Crippen MR) is 89.8 cm³/mol. The molecule has 1 aromatic rings. The van der Waals surface area contributed by atoms with Gasteiger partial charge in [0.05, 0.1) is 5.60 Å². The largest absolute Gasteiger partial charge is 0.387 e. The summed E-state index contributed by atoms with van der Waals surface area (Å²) in [6.07, 6.45) is 1.89. The number of aliphatic hydroxyl groups is 1. The minimum absolute atomic E-state index is 0.166. The first-order chi connectivity index (χ1) is 10.2. The molecule has 0 aliphatic carbocycles. The molecule has 1 unspecified atom stereocenters. The first-order valence-electron chi connectivity index (χ1n) is 7.16. The quantitative estimate of drug-likeness (QED) is 0.721. The third-order valence-corrected chi connectivity index (χ3v) is 4.29. The summed E-state index contributed by atoms with van der Waals surface area (Å²) in [4.78, 5) is 11.8. The molecule has 0 heterocycles. The first kappa shape index (κ1) is 18.8. The summed E-state index contributed by atoms with van der Waals surface area (Å²) >= 11 is 1.51. The fourth-order valence-electron chi connectivity index (χ4n) is 2.10. The van der Waals surface area contributed by atoms with E-state index in [4.69, 9.17) is 0 Å². The smallest absolute Gasteiger partial charge is 0.314 e. The van der Waals surface area contributed by atoms with Gasteiger partial charge in [-0.1, -0.05) is 32.0 Å². The van der Waals surface area contributed by atoms with Gasteiger partial charge in [-0.15, -0.1) is 0 Å². The summed E-state index contributed by atoms with van der Waals surface area (Å²) < 4.78 is 13.8. The number of carbonyl (C=O) groups excluding carboxylic acids is 1. The number of halogens is 1. The molecule has 0 aliphatic rings. The number of urea groups is 1. The van der Waals surface area contributed by atoms with Gasteiger partial charge >= 0.3 is 6.03 Å². The van der Waals surface area contributed by atoms with Crippen LogP contribution >= 0.6 is 11.8 Å². The predicted octanol–water partition coefficient (Wildman–Crippen LogP) is 2.52. The highest BCUT2D eigenvalue weighted by Crippen LogP contribution is 2.24. The minimum Gasteiger partial charge on any atom is -0.387 e. The van der Waals surface area contributed by atoms with Crippen molar-refractivity contribution in [3.05, 3.63) is 35.6 Å². The first-order valence-corrected chi connectivity index (χ1v) is 8.55. The van der Waals surface area contributed by atoms with E-state index in [1.807, 2.05) is 20.1 Å². The lowest BCUT2D eigenvalue weighted by Gasteiger charge is -2.27. The zero-order valence-corrected chi connectivity index (χ0v) is 14.4. The van der Waals surface area contributed by atoms with E-state index >= 15 is 0 Å². The number of hydrogen-bond acceptors (Lipinski definition) is 3. The SMILES string of the molecule is CSCC(C)(O)CNC(=O)NCC(C)(C)c1ccccc1F. The van der Waals surface area contributed by atoms with E-state index in [-0.39, 0.29) is 18.4 Å². The Balaban J connectivity index is 2.51. The average Bonchev–Trinajstić information content (AvgIpc) is 2.43. The minimum atomic E-state index is -0.947. The van der Waals surface area contributed by atoms with Crippen LogP contribution in [0.2, 0.25) is 0 Å². The second-order valence-electron chi connectivity index (χ2n) is 6.33. The Labute approximate surface area is 135 Å². The van der Waals surface area contributed by atoms with Crippen molar-refractivity contribution in [2.45, 2.75) is 31.8 Å². The molecule has 124 valence electrons. The third kappa shape index (κ3) is 5.85. The van der Waals surface area contributed by atoms with Gasteiger partial charge < -0.3 is 15.7 Å². The van der Waals surface area contributed by atoms with Crippen molar-refractivity contribution in [1.29, 1.82) is 0 Å². The molecular formula is C16H25FN2O2S. The van der Waals surface area contributed by atoms with Crippen LogP contribution in [0, 0.1) is 5.82 Å². The lowest BCUT2D eigenvalue weighted by atomic mass is 9.84. The van der Waals surface area contributed by atoms with Crippen LogP contribution in [-0.4, -0.2) is 41.8 Å². The van der Waals surface area contributed by atoms with Gasteiger partial charge in [0.2, 0.25) is 0 Å². The molecule has 1 aromatic carbocycles. The van der Waals surface area contributed by atoms with Crippen molar-refractivity contribution in [2.75, 3.05) is 25.1 Å². The summed E-state index contributed by atoms with van der Waals surface area (Å²) in [6, 6.07) is 6.18. The Hall–Kier alpha value is -1.27. The molecule has 0 spiro atoms. The molecule has 0 aromatic heterocycles. The number of thioether (sulfide) groups is 1. The van der Waals surface area contributed by atoms with E-state index in [0.29, 0.717) is 17.9 Å². The molecule has 0 aliphatic heterocycles. The maximum atomic E-state index is 13.8. The van der Waals surface area contributed by atoms with Crippen molar-refractivity contribution in [1.82, 2.24) is 10.6 Å². The van der Waals surface area contributed by atoms with E-state index in [1.165, 1.54) is 17.8 Å². The van der Waals surface area contributed by atoms with Crippen molar-refractivity contribution in [2.24, 2.45) is 0 Å². The van der Waals surface area contributed by atoms with Gasteiger partial charge in [-0.05, 0) is 24.8 Å². The van der Waals surface area contributed by atoms with Crippen LogP contribution in [0.25, 0.3) is 0 Å². The summed E-state index contributed by atoms with van der Waals surface area (Å²) in [7, 11) is 0. The molecule has 4 nitrogen and oxygen atoms in total. The number of amides is 2. The third-order valence-electron chi connectivity index (χ3n) is 3.38. The Morgan fingerprint density at radius 3 is 2.41 bits per heavy atom. The van der Waals surface area contributed by atoms with Crippen LogP contribution in [-0.2, 0) is 5.41 Å². The van der Waals surface area contributed by atoms with E-state index in [2.05, 4.69) is 10.6 Å². The zero-order valence-electron chi connectivity index (χ0n) is 13.6. The van der Waals surface area contributed by atoms with E-state index < -0.39 is 11.0 Å². The average molecular weight is 328 g/mol. The number of rotatable bonds is 7. The van der Waals surface area contributed by atoms with Gasteiger partial charge in [0.1, 0.15) is 5.82 Å². The van der Waals surface area contributed by atoms with Crippen molar-refractivity contribution in [3.8, 4) is 0 Å². The van der Waals surface area contributed by atoms with Crippen molar-refractivity contribution >= 4 is 17.8 Å². The standard InChI is InChI=1S/C16H25FN2O2S/c1-15(2,12-7-5-6-8-13(12)17)9-18-14(20)19-10-16(3,21)11-22-4/h5-8,21H,9-11H2,1-4H3,(H2,18,19,20). The molecule has 2 amide bonds. The van der Waals surface area contributed by atoms with Crippen LogP contribution in [0.3, 0.4) is 0 Å². The highest BCUT2D eigenvalue weighted by atomic mass is 32.2. The normalized spacial score (nSPS) is 14.3. The van der Waals surface area contributed by atoms with E-state index in [0.717, 1.165) is 0 Å². The highest BCUT2D eigenvalue weighted by Gasteiger charge is 2.25. The molecule has 0 saturated heterocycles. The topological polar surface area (TPSA) is 61.4 Å². The Morgan fingerprint density at radius 1 is 1.23 bits per heavy atom. The van der Waals surface area contributed by atoms with Gasteiger partial charge in [-0.2, -0.15) is 11.8 Å². The summed E-state index contributed by atoms with van der Waals surface area (Å²) in [5.41, 5.74) is -0.910. The number of nitrogens with one attached hydrogen (secondary N) is 2. The van der Waals surface area contributed by atoms with Crippen molar-refractivity contribution in [3.63, 3.8) is 0 Å². The van der Waals surface area contributed by atoms with Gasteiger partial charge in [0.15, 0.2) is 0 Å². The van der Waals surface area contributed by atoms with Crippen LogP contribution in [0.15, 0.2) is 24.3 Å². The lowest BCUT2D eigenvalue weighted by molar-refractivity contribution is 0.0869. The van der Waals surface area contributed by atoms with Gasteiger partial charge in [-0.3, -0.25) is 0 Å². The second-order valence-corrected chi connectivity index (χ2v) is 7.20. The molecule has 1 atom stereocenters. The molecule has 0 bridgehead atoms. The Bertz CT molecular complexity index is 507. The summed E-state index contributed by atoms with van der Waals surface area (Å²) in [5, 5.41) is 15.4. The van der Waals surface area contributed by atoms with E-state index in [1.54, 1.807) is 25.1 Å². The van der Waals surface area contributed by atoms with Crippen molar-refractivity contribution < 1.29 is 14.3 Å². The monoisotopic (exact) mass is 328 g/mol. The fourth-order valence-corrected chi connectivity index (χ4v) is 2.83. The zero-order chi connectivity index (χ0) is 16.8. The molecule has 0 saturated carbocycles. The molecule has 3 N–H and O–H groups in total. The summed E-state index contributed by atoms with van der Waals surface area (Å²) in [6.45, 7) is 5.88. The van der Waals surface area contributed by atoms with Crippen LogP contribution < -0.4 is 10.6 Å². The number of hydrogen-bond donors (Lipinski definition) is 3. The molecule has 22 heavy (non-hydrogen) atoms. The number of benzene rings is 1. The maximum Gasteiger partial charge on any atom is 0.314 e. The molecule has 0 radical (unpaired) electrons. The lowest BCUT2D eigenvalue weighted by Crippen LogP contribution is -2.48. The van der Waals surface area contributed by atoms with Crippen LogP contribution in [0.1, 0.15) is 26.3 Å². The molecule has 1 rings (SSSR count). The highest BCUT2D eigenvalue weighted by molar-refractivity contribution is 7.98. The van der Waals surface area contributed by atoms with E-state index in [9.17, 15) is 14.3 Å². The Kier molecular flexibility index (Phi) is 6.68. The van der Waals surface area contributed by atoms with Gasteiger partial charge in [0.25, 0.3) is 0 Å². The molecule has 0 fully saturated rings. The molecular weight excluding hydrogens is 303 g/mol. The summed E-state index contributed by atoms with van der Waals surface area (Å²) in [5.74, 6) is 0.256. The van der Waals surface area contributed by atoms with Crippen LogP contribution in [0.4, 0.5) is 9.18 Å². The maximum absolute atomic E-state index is 13.8. The van der Waals surface area contributed by atoms with Gasteiger partial charge in [0, 0.05) is 24.3 Å². The second kappa shape index (κ2) is 7.83.